The van der Waals surface area contributed by atoms with Crippen molar-refractivity contribution in [3.63, 3.8) is 0 Å². The van der Waals surface area contributed by atoms with E-state index in [1.807, 2.05) is 10.9 Å². The Hall–Kier alpha value is -1.97. The van der Waals surface area contributed by atoms with Gasteiger partial charge in [-0.05, 0) is 50.7 Å². The number of halogens is 3. The molecular formula is C20H26F3N5O. The Morgan fingerprint density at radius 2 is 1.86 bits per heavy atom. The van der Waals surface area contributed by atoms with Gasteiger partial charge in [0.25, 0.3) is 0 Å². The van der Waals surface area contributed by atoms with Crippen molar-refractivity contribution in [3.05, 3.63) is 47.3 Å². The quantitative estimate of drug-likeness (QED) is 0.823. The Labute approximate surface area is 168 Å². The Kier molecular flexibility index (Phi) is 5.89. The molecule has 4 rings (SSSR count). The van der Waals surface area contributed by atoms with Crippen LogP contribution in [0.25, 0.3) is 0 Å². The van der Waals surface area contributed by atoms with Crippen LogP contribution in [0.4, 0.5) is 13.2 Å². The summed E-state index contributed by atoms with van der Waals surface area (Å²) in [6.07, 6.45) is -0.220. The zero-order valence-electron chi connectivity index (χ0n) is 16.4. The monoisotopic (exact) mass is 409 g/mol. The lowest BCUT2D eigenvalue weighted by Crippen LogP contribution is -2.29. The molecule has 29 heavy (non-hydrogen) atoms. The first-order valence-corrected chi connectivity index (χ1v) is 9.99. The van der Waals surface area contributed by atoms with E-state index >= 15 is 0 Å². The largest absolute Gasteiger partial charge is 0.416 e. The molecule has 0 amide bonds. The van der Waals surface area contributed by atoms with Crippen LogP contribution in [0.2, 0.25) is 0 Å². The van der Waals surface area contributed by atoms with E-state index in [1.165, 1.54) is 12.1 Å². The molecule has 0 spiro atoms. The average molecular weight is 409 g/mol. The molecule has 0 aliphatic carbocycles. The lowest BCUT2D eigenvalue weighted by Gasteiger charge is -2.27. The Balaban J connectivity index is 1.36. The summed E-state index contributed by atoms with van der Waals surface area (Å²) >= 11 is 0. The molecule has 0 bridgehead atoms. The van der Waals surface area contributed by atoms with E-state index in [1.54, 1.807) is 0 Å². The number of nitrogens with zero attached hydrogens (tertiary/aromatic N) is 4. The van der Waals surface area contributed by atoms with Gasteiger partial charge in [-0.1, -0.05) is 17.3 Å². The maximum absolute atomic E-state index is 12.7. The van der Waals surface area contributed by atoms with Crippen molar-refractivity contribution in [2.45, 2.75) is 43.7 Å². The van der Waals surface area contributed by atoms with Crippen molar-refractivity contribution >= 4 is 0 Å². The van der Waals surface area contributed by atoms with Gasteiger partial charge in [0.15, 0.2) is 0 Å². The highest BCUT2D eigenvalue weighted by Gasteiger charge is 2.32. The van der Waals surface area contributed by atoms with E-state index in [2.05, 4.69) is 27.6 Å². The predicted molar refractivity (Wildman–Crippen MR) is 101 cm³/mol. The van der Waals surface area contributed by atoms with Crippen LogP contribution >= 0.6 is 0 Å². The normalized spacial score (nSPS) is 24.3. The van der Waals surface area contributed by atoms with E-state index in [9.17, 15) is 13.2 Å². The molecule has 2 atom stereocenters. The Bertz CT molecular complexity index is 799. The molecule has 3 heterocycles. The van der Waals surface area contributed by atoms with E-state index in [0.717, 1.165) is 50.3 Å². The third kappa shape index (κ3) is 4.79. The molecule has 1 N–H and O–H groups in total. The molecule has 0 unspecified atom stereocenters. The summed E-state index contributed by atoms with van der Waals surface area (Å²) in [5.41, 5.74) is 1.10. The number of hydrogen-bond acceptors (Lipinski definition) is 5. The van der Waals surface area contributed by atoms with Crippen molar-refractivity contribution < 1.29 is 17.9 Å². The number of likely N-dealkylation sites (tertiary alicyclic amines) is 1. The van der Waals surface area contributed by atoms with Crippen LogP contribution < -0.4 is 5.32 Å². The third-order valence-electron chi connectivity index (χ3n) is 5.88. The second-order valence-electron chi connectivity index (χ2n) is 7.97. The molecule has 9 heteroatoms. The topological polar surface area (TPSA) is 55.2 Å². The van der Waals surface area contributed by atoms with Gasteiger partial charge in [-0.25, -0.2) is 4.68 Å². The number of benzene rings is 1. The van der Waals surface area contributed by atoms with E-state index in [0.29, 0.717) is 18.0 Å². The van der Waals surface area contributed by atoms with Crippen LogP contribution in [0.15, 0.2) is 30.5 Å². The molecular weight excluding hydrogens is 383 g/mol. The Morgan fingerprint density at radius 3 is 2.55 bits per heavy atom. The van der Waals surface area contributed by atoms with Gasteiger partial charge in [0.2, 0.25) is 0 Å². The van der Waals surface area contributed by atoms with Crippen molar-refractivity contribution in [2.75, 3.05) is 33.2 Å². The summed E-state index contributed by atoms with van der Waals surface area (Å²) in [6, 6.07) is 5.14. The Morgan fingerprint density at radius 1 is 1.14 bits per heavy atom. The highest BCUT2D eigenvalue weighted by atomic mass is 19.4. The number of piperidine rings is 1. The minimum atomic E-state index is -4.32. The van der Waals surface area contributed by atoms with E-state index < -0.39 is 11.7 Å². The number of ether oxygens (including phenoxy) is 1. The van der Waals surface area contributed by atoms with E-state index in [-0.39, 0.29) is 18.8 Å². The SMILES string of the molecule is CN1CCC(c2cn([C@@H]3CNC[C@H]3OCc3ccc(C(F)(F)F)cc3)nn2)CC1. The smallest absolute Gasteiger partial charge is 0.370 e. The molecule has 2 aliphatic rings. The fourth-order valence-electron chi connectivity index (χ4n) is 4.01. The molecule has 158 valence electrons. The van der Waals surface area contributed by atoms with Crippen LogP contribution in [-0.4, -0.2) is 59.2 Å². The fraction of sp³-hybridized carbons (Fsp3) is 0.600. The maximum atomic E-state index is 12.7. The second kappa shape index (κ2) is 8.41. The van der Waals surface area contributed by atoms with Crippen LogP contribution in [0.3, 0.4) is 0 Å². The molecule has 2 saturated heterocycles. The zero-order valence-corrected chi connectivity index (χ0v) is 16.4. The standard InChI is InChI=1S/C20H26F3N5O/c1-27-8-6-15(7-9-27)17-12-28(26-25-17)18-10-24-11-19(18)29-13-14-2-4-16(5-3-14)20(21,22)23/h2-5,12,15,18-19,24H,6-11,13H2,1H3/t18-,19-/m1/s1. The van der Waals surface area contributed by atoms with Gasteiger partial charge < -0.3 is 15.0 Å². The lowest BCUT2D eigenvalue weighted by atomic mass is 9.94. The highest BCUT2D eigenvalue weighted by Crippen LogP contribution is 2.30. The average Bonchev–Trinajstić information content (AvgIpc) is 3.36. The van der Waals surface area contributed by atoms with Gasteiger partial charge in [0.05, 0.1) is 30.0 Å². The van der Waals surface area contributed by atoms with Crippen molar-refractivity contribution in [3.8, 4) is 0 Å². The predicted octanol–water partition coefficient (Wildman–Crippen LogP) is 2.84. The summed E-state index contributed by atoms with van der Waals surface area (Å²) < 4.78 is 46.0. The van der Waals surface area contributed by atoms with Crippen molar-refractivity contribution in [2.24, 2.45) is 0 Å². The van der Waals surface area contributed by atoms with Crippen molar-refractivity contribution in [1.82, 2.24) is 25.2 Å². The summed E-state index contributed by atoms with van der Waals surface area (Å²) in [4.78, 5) is 2.33. The van der Waals surface area contributed by atoms with Crippen LogP contribution in [0.5, 0.6) is 0 Å². The van der Waals surface area contributed by atoms with Crippen molar-refractivity contribution in [1.29, 1.82) is 0 Å². The van der Waals surface area contributed by atoms with E-state index in [4.69, 9.17) is 4.74 Å². The maximum Gasteiger partial charge on any atom is 0.416 e. The number of rotatable bonds is 5. The first kappa shape index (κ1) is 20.3. The molecule has 0 radical (unpaired) electrons. The fourth-order valence-corrected chi connectivity index (χ4v) is 4.01. The van der Waals surface area contributed by atoms with Crippen LogP contribution in [0, 0.1) is 0 Å². The summed E-state index contributed by atoms with van der Waals surface area (Å²) in [5.74, 6) is 0.445. The summed E-state index contributed by atoms with van der Waals surface area (Å²) in [7, 11) is 2.13. The minimum Gasteiger partial charge on any atom is -0.370 e. The number of hydrogen-bond donors (Lipinski definition) is 1. The highest BCUT2D eigenvalue weighted by molar-refractivity contribution is 5.24. The summed E-state index contributed by atoms with van der Waals surface area (Å²) in [6.45, 7) is 3.81. The van der Waals surface area contributed by atoms with Gasteiger partial charge in [-0.3, -0.25) is 0 Å². The molecule has 6 nitrogen and oxygen atoms in total. The third-order valence-corrected chi connectivity index (χ3v) is 5.88. The van der Waals surface area contributed by atoms with Crippen LogP contribution in [-0.2, 0) is 17.5 Å². The van der Waals surface area contributed by atoms with Gasteiger partial charge in [-0.2, -0.15) is 13.2 Å². The van der Waals surface area contributed by atoms with Gasteiger partial charge >= 0.3 is 6.18 Å². The number of aromatic nitrogens is 3. The minimum absolute atomic E-state index is 0.0250. The second-order valence-corrected chi connectivity index (χ2v) is 7.97. The number of nitrogens with one attached hydrogen (secondary N) is 1. The van der Waals surface area contributed by atoms with Gasteiger partial charge in [0.1, 0.15) is 0 Å². The molecule has 2 fully saturated rings. The summed E-state index contributed by atoms with van der Waals surface area (Å²) in [5, 5.41) is 12.1. The molecule has 2 aliphatic heterocycles. The van der Waals surface area contributed by atoms with Gasteiger partial charge in [-0.15, -0.1) is 5.10 Å². The van der Waals surface area contributed by atoms with Crippen LogP contribution in [0.1, 0.15) is 41.6 Å². The zero-order chi connectivity index (χ0) is 20.4. The molecule has 2 aromatic rings. The van der Waals surface area contributed by atoms with Gasteiger partial charge in [0, 0.05) is 25.2 Å². The molecule has 1 aromatic heterocycles. The molecule has 1 aromatic carbocycles. The first-order chi connectivity index (χ1) is 13.9. The number of alkyl halides is 3. The first-order valence-electron chi connectivity index (χ1n) is 9.99. The molecule has 0 saturated carbocycles. The lowest BCUT2D eigenvalue weighted by molar-refractivity contribution is -0.137.